The summed E-state index contributed by atoms with van der Waals surface area (Å²) in [5.41, 5.74) is 1.11. The molecule has 0 aromatic rings. The van der Waals surface area contributed by atoms with Crippen molar-refractivity contribution < 1.29 is 0 Å². The fourth-order valence-electron chi connectivity index (χ4n) is 0.686. The van der Waals surface area contributed by atoms with E-state index in [-0.39, 0.29) is 0 Å². The zero-order chi connectivity index (χ0) is 9.23. The predicted molar refractivity (Wildman–Crippen MR) is 55.9 cm³/mol. The normalized spacial score (nSPS) is 12.7. The molecule has 0 aromatic carbocycles. The van der Waals surface area contributed by atoms with Gasteiger partial charge >= 0.3 is 0 Å². The van der Waals surface area contributed by atoms with Crippen LogP contribution in [0, 0.1) is 0 Å². The molecule has 66 valence electrons. The molecule has 1 heteroatoms. The predicted octanol–water partition coefficient (Wildman–Crippen LogP) is 2.80. The molecule has 0 rings (SSSR count). The van der Waals surface area contributed by atoms with Crippen LogP contribution in [0.4, 0.5) is 0 Å². The monoisotopic (exact) mass is 163 g/mol. The van der Waals surface area contributed by atoms with Crippen LogP contribution < -0.4 is 5.32 Å². The molecule has 0 aromatic heterocycles. The first-order valence-electron chi connectivity index (χ1n) is 4.18. The summed E-state index contributed by atoms with van der Waals surface area (Å²) < 4.78 is 0. The Morgan fingerprint density at radius 1 is 1.50 bits per heavy atom. The Balaban J connectivity index is 4.13. The second kappa shape index (κ2) is 7.86. The summed E-state index contributed by atoms with van der Waals surface area (Å²) in [4.78, 5) is 0. The highest BCUT2D eigenvalue weighted by Crippen LogP contribution is 1.97. The van der Waals surface area contributed by atoms with Crippen molar-refractivity contribution in [2.45, 2.75) is 13.3 Å². The fraction of sp³-hybridized carbons (Fsp3) is 0.273. The lowest BCUT2D eigenvalue weighted by atomic mass is 10.2. The molecule has 0 heterocycles. The standard InChI is InChI=1S/C11H17N/c1-4-6-7-8-11(5-2)9-10-12-3/h5-10,12H,2,4H2,1,3H3/b7-6-,10-9+,11-8-. The highest BCUT2D eigenvalue weighted by atomic mass is 14.8. The van der Waals surface area contributed by atoms with Gasteiger partial charge in [0.2, 0.25) is 0 Å². The van der Waals surface area contributed by atoms with Crippen LogP contribution in [0.1, 0.15) is 13.3 Å². The van der Waals surface area contributed by atoms with Gasteiger partial charge in [-0.2, -0.15) is 0 Å². The summed E-state index contributed by atoms with van der Waals surface area (Å²) in [6.45, 7) is 5.82. The highest BCUT2D eigenvalue weighted by molar-refractivity contribution is 5.32. The van der Waals surface area contributed by atoms with E-state index in [2.05, 4.69) is 24.9 Å². The van der Waals surface area contributed by atoms with Gasteiger partial charge < -0.3 is 5.32 Å². The molecule has 1 nitrogen and oxygen atoms in total. The van der Waals surface area contributed by atoms with Crippen LogP contribution in [0.15, 0.2) is 48.7 Å². The van der Waals surface area contributed by atoms with Crippen LogP contribution >= 0.6 is 0 Å². The Bertz CT molecular complexity index is 197. The number of rotatable bonds is 5. The van der Waals surface area contributed by atoms with Crippen LogP contribution in [0.3, 0.4) is 0 Å². The molecule has 0 fully saturated rings. The molecular weight excluding hydrogens is 146 g/mol. The molecule has 0 spiro atoms. The zero-order valence-corrected chi connectivity index (χ0v) is 7.88. The Morgan fingerprint density at radius 2 is 2.25 bits per heavy atom. The van der Waals surface area contributed by atoms with Gasteiger partial charge in [-0.3, -0.25) is 0 Å². The molecule has 12 heavy (non-hydrogen) atoms. The van der Waals surface area contributed by atoms with E-state index in [4.69, 9.17) is 0 Å². The molecule has 1 N–H and O–H groups in total. The second-order valence-corrected chi connectivity index (χ2v) is 2.33. The van der Waals surface area contributed by atoms with Crippen LogP contribution in [0.5, 0.6) is 0 Å². The number of allylic oxidation sites excluding steroid dienone is 6. The maximum atomic E-state index is 3.71. The maximum Gasteiger partial charge on any atom is 0.00277 e. The first-order chi connectivity index (χ1) is 5.85. The average Bonchev–Trinajstić information content (AvgIpc) is 2.11. The van der Waals surface area contributed by atoms with E-state index >= 15 is 0 Å². The molecule has 0 aliphatic heterocycles. The zero-order valence-electron chi connectivity index (χ0n) is 7.88. The molecule has 0 radical (unpaired) electrons. The van der Waals surface area contributed by atoms with E-state index < -0.39 is 0 Å². The quantitative estimate of drug-likeness (QED) is 0.614. The van der Waals surface area contributed by atoms with E-state index in [0.29, 0.717) is 0 Å². The molecule has 0 atom stereocenters. The van der Waals surface area contributed by atoms with Crippen molar-refractivity contribution in [1.82, 2.24) is 5.32 Å². The molecular formula is C11H17N. The Kier molecular flexibility index (Phi) is 7.05. The van der Waals surface area contributed by atoms with E-state index in [1.54, 1.807) is 0 Å². The largest absolute Gasteiger partial charge is 0.394 e. The van der Waals surface area contributed by atoms with Crippen molar-refractivity contribution in [3.63, 3.8) is 0 Å². The van der Waals surface area contributed by atoms with Gasteiger partial charge in [-0.15, -0.1) is 0 Å². The topological polar surface area (TPSA) is 12.0 Å². The minimum absolute atomic E-state index is 1.07. The number of hydrogen-bond acceptors (Lipinski definition) is 1. The third-order valence-electron chi connectivity index (χ3n) is 1.34. The maximum absolute atomic E-state index is 3.71. The second-order valence-electron chi connectivity index (χ2n) is 2.33. The lowest BCUT2D eigenvalue weighted by Crippen LogP contribution is -1.90. The minimum Gasteiger partial charge on any atom is -0.394 e. The van der Waals surface area contributed by atoms with Gasteiger partial charge in [0, 0.05) is 7.05 Å². The van der Waals surface area contributed by atoms with Crippen molar-refractivity contribution in [2.24, 2.45) is 0 Å². The van der Waals surface area contributed by atoms with Gasteiger partial charge in [0.1, 0.15) is 0 Å². The van der Waals surface area contributed by atoms with Crippen LogP contribution in [-0.2, 0) is 0 Å². The summed E-state index contributed by atoms with van der Waals surface area (Å²) in [6.07, 6.45) is 12.9. The fourth-order valence-corrected chi connectivity index (χ4v) is 0.686. The summed E-state index contributed by atoms with van der Waals surface area (Å²) in [5.74, 6) is 0. The Labute approximate surface area is 75.2 Å². The van der Waals surface area contributed by atoms with Crippen molar-refractivity contribution in [1.29, 1.82) is 0 Å². The van der Waals surface area contributed by atoms with Gasteiger partial charge in [-0.05, 0) is 24.3 Å². The van der Waals surface area contributed by atoms with Gasteiger partial charge in [0.05, 0.1) is 0 Å². The van der Waals surface area contributed by atoms with E-state index in [1.807, 2.05) is 37.6 Å². The SMILES string of the molecule is C=CC(=C/C=C\CC)/C=C/NC. The van der Waals surface area contributed by atoms with Crippen molar-refractivity contribution >= 4 is 0 Å². The van der Waals surface area contributed by atoms with Crippen LogP contribution in [-0.4, -0.2) is 7.05 Å². The first kappa shape index (κ1) is 10.8. The Morgan fingerprint density at radius 3 is 2.75 bits per heavy atom. The van der Waals surface area contributed by atoms with Crippen molar-refractivity contribution in [3.8, 4) is 0 Å². The van der Waals surface area contributed by atoms with E-state index in [0.717, 1.165) is 12.0 Å². The summed E-state index contributed by atoms with van der Waals surface area (Å²) in [5, 5.41) is 2.93. The third-order valence-corrected chi connectivity index (χ3v) is 1.34. The number of hydrogen-bond donors (Lipinski definition) is 1. The summed E-state index contributed by atoms with van der Waals surface area (Å²) in [7, 11) is 1.87. The van der Waals surface area contributed by atoms with Crippen LogP contribution in [0.2, 0.25) is 0 Å². The van der Waals surface area contributed by atoms with Gasteiger partial charge in [-0.1, -0.05) is 37.8 Å². The van der Waals surface area contributed by atoms with Gasteiger partial charge in [0.25, 0.3) is 0 Å². The summed E-state index contributed by atoms with van der Waals surface area (Å²) >= 11 is 0. The Hall–Kier alpha value is -1.24. The molecule has 0 aliphatic carbocycles. The molecule has 0 bridgehead atoms. The summed E-state index contributed by atoms with van der Waals surface area (Å²) in [6, 6.07) is 0. The van der Waals surface area contributed by atoms with Crippen LogP contribution in [0.25, 0.3) is 0 Å². The third kappa shape index (κ3) is 5.54. The molecule has 0 unspecified atom stereocenters. The highest BCUT2D eigenvalue weighted by Gasteiger charge is 1.79. The van der Waals surface area contributed by atoms with Gasteiger partial charge in [-0.25, -0.2) is 0 Å². The molecule has 0 amide bonds. The number of nitrogens with one attached hydrogen (secondary N) is 1. The lowest BCUT2D eigenvalue weighted by Gasteiger charge is -1.90. The molecule has 0 saturated heterocycles. The van der Waals surface area contributed by atoms with Gasteiger partial charge in [0.15, 0.2) is 0 Å². The lowest BCUT2D eigenvalue weighted by molar-refractivity contribution is 1.10. The van der Waals surface area contributed by atoms with E-state index in [1.165, 1.54) is 0 Å². The van der Waals surface area contributed by atoms with E-state index in [9.17, 15) is 0 Å². The minimum atomic E-state index is 1.07. The molecule has 0 saturated carbocycles. The van der Waals surface area contributed by atoms with Crippen molar-refractivity contribution in [2.75, 3.05) is 7.05 Å². The average molecular weight is 163 g/mol. The first-order valence-corrected chi connectivity index (χ1v) is 4.18. The van der Waals surface area contributed by atoms with Crippen molar-refractivity contribution in [3.05, 3.63) is 48.7 Å². The smallest absolute Gasteiger partial charge is 0.00277 e. The molecule has 0 aliphatic rings.